The van der Waals surface area contributed by atoms with E-state index in [0.29, 0.717) is 10.0 Å². The first kappa shape index (κ1) is 13.6. The van der Waals surface area contributed by atoms with Crippen molar-refractivity contribution in [2.24, 2.45) is 0 Å². The smallest absolute Gasteiger partial charge is 0.139 e. The van der Waals surface area contributed by atoms with Crippen LogP contribution in [0.5, 0.6) is 0 Å². The SMILES string of the molecule is CCc1oc2cc(Cl)cc(Cl)c2c1N(CC)CC. The predicted octanol–water partition coefficient (Wildman–Crippen LogP) is 5.15. The van der Waals surface area contributed by atoms with Gasteiger partial charge >= 0.3 is 0 Å². The lowest BCUT2D eigenvalue weighted by Crippen LogP contribution is -2.22. The molecule has 0 aliphatic heterocycles. The fourth-order valence-corrected chi connectivity index (χ4v) is 2.86. The molecule has 4 heteroatoms. The van der Waals surface area contributed by atoms with E-state index in [1.165, 1.54) is 0 Å². The Morgan fingerprint density at radius 3 is 2.33 bits per heavy atom. The van der Waals surface area contributed by atoms with Crippen LogP contribution in [0, 0.1) is 0 Å². The molecule has 0 atom stereocenters. The summed E-state index contributed by atoms with van der Waals surface area (Å²) in [4.78, 5) is 2.27. The van der Waals surface area contributed by atoms with Gasteiger partial charge in [0.1, 0.15) is 11.3 Å². The van der Waals surface area contributed by atoms with E-state index < -0.39 is 0 Å². The maximum atomic E-state index is 6.32. The Labute approximate surface area is 117 Å². The van der Waals surface area contributed by atoms with Crippen molar-refractivity contribution in [3.63, 3.8) is 0 Å². The van der Waals surface area contributed by atoms with E-state index in [2.05, 4.69) is 25.7 Å². The predicted molar refractivity (Wildman–Crippen MR) is 79.2 cm³/mol. The summed E-state index contributed by atoms with van der Waals surface area (Å²) < 4.78 is 5.88. The van der Waals surface area contributed by atoms with Gasteiger partial charge in [0, 0.05) is 30.6 Å². The number of anilines is 1. The molecule has 0 radical (unpaired) electrons. The number of rotatable bonds is 4. The van der Waals surface area contributed by atoms with Crippen LogP contribution in [0.1, 0.15) is 26.5 Å². The summed E-state index contributed by atoms with van der Waals surface area (Å²) in [5.41, 5.74) is 1.88. The summed E-state index contributed by atoms with van der Waals surface area (Å²) >= 11 is 12.3. The Bertz CT molecular complexity index is 558. The Morgan fingerprint density at radius 2 is 1.78 bits per heavy atom. The molecule has 2 aromatic rings. The number of furan rings is 1. The fourth-order valence-electron chi connectivity index (χ4n) is 2.29. The lowest BCUT2D eigenvalue weighted by atomic mass is 10.1. The van der Waals surface area contributed by atoms with Crippen molar-refractivity contribution in [2.75, 3.05) is 18.0 Å². The summed E-state index contributed by atoms with van der Waals surface area (Å²) in [5, 5.41) is 2.24. The maximum Gasteiger partial charge on any atom is 0.139 e. The van der Waals surface area contributed by atoms with Crippen molar-refractivity contribution in [1.29, 1.82) is 0 Å². The highest BCUT2D eigenvalue weighted by molar-refractivity contribution is 6.39. The van der Waals surface area contributed by atoms with Crippen molar-refractivity contribution < 1.29 is 4.42 Å². The number of benzene rings is 1. The Kier molecular flexibility index (Phi) is 4.08. The van der Waals surface area contributed by atoms with E-state index in [4.69, 9.17) is 27.6 Å². The van der Waals surface area contributed by atoms with Crippen LogP contribution in [0.2, 0.25) is 10.0 Å². The van der Waals surface area contributed by atoms with Crippen LogP contribution in [-0.4, -0.2) is 13.1 Å². The quantitative estimate of drug-likeness (QED) is 0.773. The van der Waals surface area contributed by atoms with Crippen molar-refractivity contribution in [3.8, 4) is 0 Å². The third kappa shape index (κ3) is 2.19. The van der Waals surface area contributed by atoms with Gasteiger partial charge in [-0.05, 0) is 19.9 Å². The third-order valence-corrected chi connectivity index (χ3v) is 3.67. The molecule has 0 aliphatic carbocycles. The van der Waals surface area contributed by atoms with Crippen molar-refractivity contribution in [1.82, 2.24) is 0 Å². The monoisotopic (exact) mass is 285 g/mol. The molecule has 0 N–H and O–H groups in total. The molecule has 1 aromatic carbocycles. The lowest BCUT2D eigenvalue weighted by Gasteiger charge is -2.21. The van der Waals surface area contributed by atoms with Gasteiger partial charge in [-0.25, -0.2) is 0 Å². The second-order valence-electron chi connectivity index (χ2n) is 4.16. The number of hydrogen-bond donors (Lipinski definition) is 0. The van der Waals surface area contributed by atoms with Gasteiger partial charge in [0.2, 0.25) is 0 Å². The van der Waals surface area contributed by atoms with E-state index in [0.717, 1.165) is 41.9 Å². The van der Waals surface area contributed by atoms with E-state index in [-0.39, 0.29) is 0 Å². The number of aryl methyl sites for hydroxylation is 1. The zero-order chi connectivity index (χ0) is 13.3. The van der Waals surface area contributed by atoms with Crippen LogP contribution < -0.4 is 4.90 Å². The van der Waals surface area contributed by atoms with E-state index in [1.807, 2.05) is 6.07 Å². The van der Waals surface area contributed by atoms with Crippen molar-refractivity contribution >= 4 is 39.9 Å². The molecule has 2 rings (SSSR count). The van der Waals surface area contributed by atoms with Gasteiger partial charge in [-0.15, -0.1) is 0 Å². The third-order valence-electron chi connectivity index (χ3n) is 3.15. The van der Waals surface area contributed by atoms with E-state index in [1.54, 1.807) is 6.07 Å². The highest BCUT2D eigenvalue weighted by Gasteiger charge is 2.20. The van der Waals surface area contributed by atoms with Crippen LogP contribution >= 0.6 is 23.2 Å². The van der Waals surface area contributed by atoms with E-state index in [9.17, 15) is 0 Å². The molecule has 0 amide bonds. The minimum Gasteiger partial charge on any atom is -0.459 e. The van der Waals surface area contributed by atoms with Gasteiger partial charge < -0.3 is 9.32 Å². The molecule has 0 saturated carbocycles. The van der Waals surface area contributed by atoms with Gasteiger partial charge in [-0.2, -0.15) is 0 Å². The van der Waals surface area contributed by atoms with Crippen LogP contribution in [0.3, 0.4) is 0 Å². The molecule has 1 heterocycles. The summed E-state index contributed by atoms with van der Waals surface area (Å²) in [7, 11) is 0. The molecule has 0 unspecified atom stereocenters. The van der Waals surface area contributed by atoms with Crippen molar-refractivity contribution in [2.45, 2.75) is 27.2 Å². The minimum atomic E-state index is 0.606. The summed E-state index contributed by atoms with van der Waals surface area (Å²) in [6, 6.07) is 3.60. The summed E-state index contributed by atoms with van der Waals surface area (Å²) in [6.45, 7) is 8.20. The average molecular weight is 286 g/mol. The highest BCUT2D eigenvalue weighted by atomic mass is 35.5. The van der Waals surface area contributed by atoms with Crippen LogP contribution in [0.25, 0.3) is 11.0 Å². The molecular formula is C14H17Cl2NO. The zero-order valence-electron chi connectivity index (χ0n) is 10.9. The topological polar surface area (TPSA) is 16.4 Å². The molecule has 0 saturated heterocycles. The second-order valence-corrected chi connectivity index (χ2v) is 5.00. The first-order valence-electron chi connectivity index (χ1n) is 6.27. The maximum absolute atomic E-state index is 6.32. The molecule has 98 valence electrons. The first-order valence-corrected chi connectivity index (χ1v) is 7.03. The number of nitrogens with zero attached hydrogens (tertiary/aromatic N) is 1. The van der Waals surface area contributed by atoms with Gasteiger partial charge in [0.25, 0.3) is 0 Å². The molecule has 0 fully saturated rings. The Morgan fingerprint density at radius 1 is 1.11 bits per heavy atom. The number of hydrogen-bond acceptors (Lipinski definition) is 2. The van der Waals surface area contributed by atoms with Gasteiger partial charge in [-0.1, -0.05) is 30.1 Å². The van der Waals surface area contributed by atoms with Gasteiger partial charge in [-0.3, -0.25) is 0 Å². The van der Waals surface area contributed by atoms with Crippen LogP contribution in [0.4, 0.5) is 5.69 Å². The van der Waals surface area contributed by atoms with Gasteiger partial charge in [0.15, 0.2) is 0 Å². The molecular weight excluding hydrogens is 269 g/mol. The standard InChI is InChI=1S/C14H17Cl2NO/c1-4-11-14(17(5-2)6-3)13-10(16)7-9(15)8-12(13)18-11/h7-8H,4-6H2,1-3H3. The molecule has 2 nitrogen and oxygen atoms in total. The number of halogens is 2. The Balaban J connectivity index is 2.76. The molecule has 0 spiro atoms. The van der Waals surface area contributed by atoms with Crippen LogP contribution in [0.15, 0.2) is 16.5 Å². The summed E-state index contributed by atoms with van der Waals surface area (Å²) in [6.07, 6.45) is 0.842. The van der Waals surface area contributed by atoms with Crippen LogP contribution in [-0.2, 0) is 6.42 Å². The molecule has 0 aliphatic rings. The Hall–Kier alpha value is -0.860. The largest absolute Gasteiger partial charge is 0.459 e. The second kappa shape index (κ2) is 5.41. The normalized spacial score (nSPS) is 11.2. The van der Waals surface area contributed by atoms with E-state index >= 15 is 0 Å². The minimum absolute atomic E-state index is 0.606. The first-order chi connectivity index (χ1) is 8.62. The number of fused-ring (bicyclic) bond motifs is 1. The molecule has 1 aromatic heterocycles. The zero-order valence-corrected chi connectivity index (χ0v) is 12.4. The lowest BCUT2D eigenvalue weighted by molar-refractivity contribution is 0.555. The fraction of sp³-hybridized carbons (Fsp3) is 0.429. The van der Waals surface area contributed by atoms with Gasteiger partial charge in [0.05, 0.1) is 16.1 Å². The molecule has 18 heavy (non-hydrogen) atoms. The molecule has 0 bridgehead atoms. The summed E-state index contributed by atoms with van der Waals surface area (Å²) in [5.74, 6) is 0.970. The highest BCUT2D eigenvalue weighted by Crippen LogP contribution is 2.40. The van der Waals surface area contributed by atoms with Crippen molar-refractivity contribution in [3.05, 3.63) is 27.9 Å². The average Bonchev–Trinajstić information content (AvgIpc) is 2.69.